The summed E-state index contributed by atoms with van der Waals surface area (Å²) in [4.78, 5) is 14.0. The molecule has 1 aliphatic heterocycles. The fourth-order valence-corrected chi connectivity index (χ4v) is 2.51. The van der Waals surface area contributed by atoms with E-state index in [1.165, 1.54) is 18.2 Å². The number of amides is 1. The molecule has 2 rings (SSSR count). The highest BCUT2D eigenvalue weighted by molar-refractivity contribution is 5.92. The highest BCUT2D eigenvalue weighted by atomic mass is 19.1. The van der Waals surface area contributed by atoms with Crippen molar-refractivity contribution in [2.75, 3.05) is 13.2 Å². The van der Waals surface area contributed by atoms with Crippen LogP contribution in [0.4, 0.5) is 4.39 Å². The Morgan fingerprint density at radius 2 is 2.30 bits per heavy atom. The van der Waals surface area contributed by atoms with E-state index in [-0.39, 0.29) is 30.3 Å². The van der Waals surface area contributed by atoms with Gasteiger partial charge in [-0.05, 0) is 49.5 Å². The lowest BCUT2D eigenvalue weighted by molar-refractivity contribution is -0.130. The maximum absolute atomic E-state index is 13.0. The molecule has 0 aromatic heterocycles. The zero-order valence-electron chi connectivity index (χ0n) is 11.6. The van der Waals surface area contributed by atoms with Gasteiger partial charge < -0.3 is 10.0 Å². The Labute approximate surface area is 118 Å². The monoisotopic (exact) mass is 277 g/mol. The summed E-state index contributed by atoms with van der Waals surface area (Å²) in [6, 6.07) is 6.31. The maximum Gasteiger partial charge on any atom is 0.246 e. The van der Waals surface area contributed by atoms with Crippen LogP contribution >= 0.6 is 0 Å². The van der Waals surface area contributed by atoms with Gasteiger partial charge in [0.1, 0.15) is 5.82 Å². The van der Waals surface area contributed by atoms with E-state index in [0.717, 1.165) is 12.8 Å². The maximum atomic E-state index is 13.0. The molecule has 0 radical (unpaired) electrons. The van der Waals surface area contributed by atoms with Crippen LogP contribution in [0, 0.1) is 11.7 Å². The first-order valence-electron chi connectivity index (χ1n) is 6.95. The number of piperidine rings is 1. The van der Waals surface area contributed by atoms with Crippen LogP contribution in [0.25, 0.3) is 6.08 Å². The molecular formula is C16H20FNO2. The Kier molecular flexibility index (Phi) is 4.90. The SMILES string of the molecule is CC1CCC(CO)CN1C(=O)/C=C/c1cccc(F)c1. The molecule has 1 aliphatic rings. The van der Waals surface area contributed by atoms with Gasteiger partial charge >= 0.3 is 0 Å². The van der Waals surface area contributed by atoms with Crippen LogP contribution in [0.3, 0.4) is 0 Å². The summed E-state index contributed by atoms with van der Waals surface area (Å²) < 4.78 is 13.0. The van der Waals surface area contributed by atoms with E-state index in [2.05, 4.69) is 0 Å². The molecule has 0 saturated carbocycles. The second-order valence-electron chi connectivity index (χ2n) is 5.35. The average molecular weight is 277 g/mol. The minimum atomic E-state index is -0.314. The molecule has 1 saturated heterocycles. The molecule has 0 bridgehead atoms. The Morgan fingerprint density at radius 3 is 3.00 bits per heavy atom. The van der Waals surface area contributed by atoms with Gasteiger partial charge in [0.05, 0.1) is 0 Å². The predicted molar refractivity (Wildman–Crippen MR) is 76.4 cm³/mol. The van der Waals surface area contributed by atoms with E-state index in [1.54, 1.807) is 23.1 Å². The van der Waals surface area contributed by atoms with Crippen LogP contribution in [-0.4, -0.2) is 35.1 Å². The van der Waals surface area contributed by atoms with Gasteiger partial charge in [0.2, 0.25) is 5.91 Å². The number of nitrogens with zero attached hydrogens (tertiary/aromatic N) is 1. The summed E-state index contributed by atoms with van der Waals surface area (Å²) in [6.45, 7) is 2.72. The van der Waals surface area contributed by atoms with Crippen molar-refractivity contribution in [2.24, 2.45) is 5.92 Å². The summed E-state index contributed by atoms with van der Waals surface area (Å²) in [7, 11) is 0. The van der Waals surface area contributed by atoms with Gasteiger partial charge in [-0.15, -0.1) is 0 Å². The summed E-state index contributed by atoms with van der Waals surface area (Å²) >= 11 is 0. The standard InChI is InChI=1S/C16H20FNO2/c1-12-5-6-14(11-19)10-18(12)16(20)8-7-13-3-2-4-15(17)9-13/h2-4,7-9,12,14,19H,5-6,10-11H2,1H3/b8-7+. The number of aliphatic hydroxyl groups excluding tert-OH is 1. The zero-order chi connectivity index (χ0) is 14.5. The third-order valence-corrected chi connectivity index (χ3v) is 3.79. The quantitative estimate of drug-likeness (QED) is 0.862. The van der Waals surface area contributed by atoms with Crippen molar-refractivity contribution in [1.29, 1.82) is 0 Å². The van der Waals surface area contributed by atoms with Gasteiger partial charge in [-0.1, -0.05) is 12.1 Å². The van der Waals surface area contributed by atoms with Crippen LogP contribution < -0.4 is 0 Å². The number of rotatable bonds is 3. The predicted octanol–water partition coefficient (Wildman–Crippen LogP) is 2.46. The number of carbonyl (C=O) groups excluding carboxylic acids is 1. The summed E-state index contributed by atoms with van der Waals surface area (Å²) in [5, 5.41) is 9.22. The summed E-state index contributed by atoms with van der Waals surface area (Å²) in [6.07, 6.45) is 4.96. The van der Waals surface area contributed by atoms with E-state index >= 15 is 0 Å². The van der Waals surface area contributed by atoms with Gasteiger partial charge in [-0.2, -0.15) is 0 Å². The first-order chi connectivity index (χ1) is 9.60. The molecule has 20 heavy (non-hydrogen) atoms. The van der Waals surface area contributed by atoms with E-state index in [4.69, 9.17) is 0 Å². The second kappa shape index (κ2) is 6.66. The van der Waals surface area contributed by atoms with Crippen LogP contribution in [0.5, 0.6) is 0 Å². The number of hydrogen-bond donors (Lipinski definition) is 1. The van der Waals surface area contributed by atoms with Crippen molar-refractivity contribution < 1.29 is 14.3 Å². The minimum Gasteiger partial charge on any atom is -0.396 e. The summed E-state index contributed by atoms with van der Waals surface area (Å²) in [5.74, 6) is -0.232. The minimum absolute atomic E-state index is 0.0834. The highest BCUT2D eigenvalue weighted by Crippen LogP contribution is 2.22. The van der Waals surface area contributed by atoms with E-state index < -0.39 is 0 Å². The largest absolute Gasteiger partial charge is 0.396 e. The number of carbonyl (C=O) groups is 1. The number of hydrogen-bond acceptors (Lipinski definition) is 2. The smallest absolute Gasteiger partial charge is 0.246 e. The molecule has 1 aromatic carbocycles. The van der Waals surface area contributed by atoms with E-state index in [1.807, 2.05) is 6.92 Å². The Hall–Kier alpha value is -1.68. The molecule has 1 fully saturated rings. The molecule has 2 unspecified atom stereocenters. The Balaban J connectivity index is 2.03. The number of benzene rings is 1. The van der Waals surface area contributed by atoms with Gasteiger partial charge in [-0.25, -0.2) is 4.39 Å². The zero-order valence-corrected chi connectivity index (χ0v) is 11.6. The van der Waals surface area contributed by atoms with E-state index in [9.17, 15) is 14.3 Å². The normalized spacial score (nSPS) is 23.2. The number of aliphatic hydroxyl groups is 1. The molecule has 1 aromatic rings. The highest BCUT2D eigenvalue weighted by Gasteiger charge is 2.27. The lowest BCUT2D eigenvalue weighted by Gasteiger charge is -2.36. The van der Waals surface area contributed by atoms with Crippen LogP contribution in [-0.2, 0) is 4.79 Å². The van der Waals surface area contributed by atoms with Crippen LogP contribution in [0.2, 0.25) is 0 Å². The average Bonchev–Trinajstić information content (AvgIpc) is 2.45. The van der Waals surface area contributed by atoms with Gasteiger partial charge in [-0.3, -0.25) is 4.79 Å². The molecule has 4 heteroatoms. The molecule has 0 aliphatic carbocycles. The molecule has 0 spiro atoms. The third-order valence-electron chi connectivity index (χ3n) is 3.79. The summed E-state index contributed by atoms with van der Waals surface area (Å²) in [5.41, 5.74) is 0.668. The Bertz CT molecular complexity index is 501. The van der Waals surface area contributed by atoms with E-state index in [0.29, 0.717) is 12.1 Å². The first kappa shape index (κ1) is 14.7. The van der Waals surface area contributed by atoms with Crippen molar-refractivity contribution in [3.05, 3.63) is 41.7 Å². The molecular weight excluding hydrogens is 257 g/mol. The lowest BCUT2D eigenvalue weighted by Crippen LogP contribution is -2.45. The molecule has 3 nitrogen and oxygen atoms in total. The lowest BCUT2D eigenvalue weighted by atomic mass is 9.94. The number of halogens is 1. The van der Waals surface area contributed by atoms with Crippen molar-refractivity contribution >= 4 is 12.0 Å². The molecule has 2 atom stereocenters. The molecule has 1 amide bonds. The molecule has 108 valence electrons. The third kappa shape index (κ3) is 3.67. The van der Waals surface area contributed by atoms with Crippen molar-refractivity contribution in [1.82, 2.24) is 4.90 Å². The topological polar surface area (TPSA) is 40.5 Å². The number of likely N-dealkylation sites (tertiary alicyclic amines) is 1. The van der Waals surface area contributed by atoms with Crippen molar-refractivity contribution in [3.8, 4) is 0 Å². The Morgan fingerprint density at radius 1 is 1.50 bits per heavy atom. The molecule has 1 heterocycles. The van der Waals surface area contributed by atoms with Gasteiger partial charge in [0, 0.05) is 25.3 Å². The van der Waals surface area contributed by atoms with Gasteiger partial charge in [0.15, 0.2) is 0 Å². The van der Waals surface area contributed by atoms with Crippen molar-refractivity contribution in [2.45, 2.75) is 25.8 Å². The first-order valence-corrected chi connectivity index (χ1v) is 6.95. The van der Waals surface area contributed by atoms with Gasteiger partial charge in [0.25, 0.3) is 0 Å². The molecule has 1 N–H and O–H groups in total. The fraction of sp³-hybridized carbons (Fsp3) is 0.438. The van der Waals surface area contributed by atoms with Crippen molar-refractivity contribution in [3.63, 3.8) is 0 Å². The second-order valence-corrected chi connectivity index (χ2v) is 5.35. The van der Waals surface area contributed by atoms with Crippen LogP contribution in [0.15, 0.2) is 30.3 Å². The fourth-order valence-electron chi connectivity index (χ4n) is 2.51. The van der Waals surface area contributed by atoms with Crippen LogP contribution in [0.1, 0.15) is 25.3 Å².